The van der Waals surface area contributed by atoms with Gasteiger partial charge in [0.05, 0.1) is 0 Å². The predicted octanol–water partition coefficient (Wildman–Crippen LogP) is 0.786. The van der Waals surface area contributed by atoms with E-state index in [1.165, 1.54) is 0 Å². The van der Waals surface area contributed by atoms with E-state index in [0.29, 0.717) is 12.3 Å². The van der Waals surface area contributed by atoms with Gasteiger partial charge in [-0.15, -0.1) is 0 Å². The lowest BCUT2D eigenvalue weighted by atomic mass is 10.2. The summed E-state index contributed by atoms with van der Waals surface area (Å²) in [6.07, 6.45) is 2.72. The zero-order valence-corrected chi connectivity index (χ0v) is 8.47. The Balaban J connectivity index is 0. The van der Waals surface area contributed by atoms with Crippen molar-refractivity contribution in [2.24, 2.45) is 11.7 Å². The Morgan fingerprint density at radius 2 is 2.08 bits per heavy atom. The molecule has 0 bridgehead atoms. The first-order valence-corrected chi connectivity index (χ1v) is 4.47. The molecule has 3 nitrogen and oxygen atoms in total. The monoisotopic (exact) mass is 174 g/mol. The highest BCUT2D eigenvalue weighted by molar-refractivity contribution is 5.49. The zero-order valence-electron chi connectivity index (χ0n) is 8.47. The third-order valence-electron chi connectivity index (χ3n) is 1.20. The molecule has 0 aliphatic carbocycles. The van der Waals surface area contributed by atoms with Crippen LogP contribution in [0.2, 0.25) is 0 Å². The molecule has 0 radical (unpaired) electrons. The second kappa shape index (κ2) is 13.2. The molecule has 0 saturated heterocycles. The molecule has 3 heteroatoms. The fraction of sp³-hybridized carbons (Fsp3) is 0.889. The van der Waals surface area contributed by atoms with Crippen LogP contribution in [-0.2, 0) is 4.79 Å². The summed E-state index contributed by atoms with van der Waals surface area (Å²) in [6, 6.07) is 0. The topological polar surface area (TPSA) is 55.1 Å². The molecular formula is C9H22N2O. The summed E-state index contributed by atoms with van der Waals surface area (Å²) in [6.45, 7) is 5.88. The number of hydrogen-bond donors (Lipinski definition) is 2. The average molecular weight is 174 g/mol. The van der Waals surface area contributed by atoms with E-state index < -0.39 is 0 Å². The van der Waals surface area contributed by atoms with Crippen molar-refractivity contribution in [3.8, 4) is 0 Å². The zero-order chi connectivity index (χ0) is 9.82. The Morgan fingerprint density at radius 3 is 2.17 bits per heavy atom. The molecule has 0 spiro atoms. The van der Waals surface area contributed by atoms with E-state index in [2.05, 4.69) is 5.32 Å². The number of carbonyl (C=O) groups excluding carboxylic acids is 1. The van der Waals surface area contributed by atoms with Crippen molar-refractivity contribution < 1.29 is 4.79 Å². The number of nitrogens with two attached hydrogens (primary N) is 1. The summed E-state index contributed by atoms with van der Waals surface area (Å²) in [5, 5.41) is 2.99. The van der Waals surface area contributed by atoms with Gasteiger partial charge in [0.15, 0.2) is 0 Å². The molecule has 3 N–H and O–H groups in total. The maximum atomic E-state index is 9.62. The number of rotatable bonds is 5. The normalized spacial score (nSPS) is 9.08. The lowest BCUT2D eigenvalue weighted by Gasteiger charge is -1.90. The van der Waals surface area contributed by atoms with Gasteiger partial charge in [0.2, 0.25) is 0 Å². The summed E-state index contributed by atoms with van der Waals surface area (Å²) in [4.78, 5) is 9.62. The molecule has 0 rings (SSSR count). The summed E-state index contributed by atoms with van der Waals surface area (Å²) in [5.41, 5.74) is 5.17. The number of aldehydes is 1. The van der Waals surface area contributed by atoms with Gasteiger partial charge in [-0.1, -0.05) is 13.8 Å². The van der Waals surface area contributed by atoms with Gasteiger partial charge in [-0.3, -0.25) is 0 Å². The fourth-order valence-corrected chi connectivity index (χ4v) is 0.471. The molecule has 0 fully saturated rings. The molecule has 0 heterocycles. The molecule has 0 atom stereocenters. The molecule has 12 heavy (non-hydrogen) atoms. The number of nitrogens with one attached hydrogen (secondary N) is 1. The van der Waals surface area contributed by atoms with Crippen molar-refractivity contribution in [1.82, 2.24) is 5.32 Å². The van der Waals surface area contributed by atoms with Crippen molar-refractivity contribution >= 4 is 6.29 Å². The minimum atomic E-state index is 0.530. The standard InChI is InChI=1S/C5H10O.C4H12N2/c1-5(2)3-4-6;1-6-4-2-3-5/h4-5H,3H2,1-2H3;6H,2-5H2,1H3. The molecule has 0 aromatic rings. The lowest BCUT2D eigenvalue weighted by Crippen LogP contribution is -2.12. The molecule has 0 aromatic heterocycles. The highest BCUT2D eigenvalue weighted by Crippen LogP contribution is 1.92. The smallest absolute Gasteiger partial charge is 0.120 e. The summed E-state index contributed by atoms with van der Waals surface area (Å²) < 4.78 is 0. The summed E-state index contributed by atoms with van der Waals surface area (Å²) >= 11 is 0. The summed E-state index contributed by atoms with van der Waals surface area (Å²) in [5.74, 6) is 0.530. The maximum absolute atomic E-state index is 9.62. The first kappa shape index (κ1) is 14.1. The maximum Gasteiger partial charge on any atom is 0.120 e. The molecule has 74 valence electrons. The summed E-state index contributed by atoms with van der Waals surface area (Å²) in [7, 11) is 1.93. The van der Waals surface area contributed by atoms with Crippen molar-refractivity contribution in [2.75, 3.05) is 20.1 Å². The first-order valence-electron chi connectivity index (χ1n) is 4.47. The third-order valence-corrected chi connectivity index (χ3v) is 1.20. The van der Waals surface area contributed by atoms with Crippen LogP contribution in [0.5, 0.6) is 0 Å². The van der Waals surface area contributed by atoms with Crippen LogP contribution in [0, 0.1) is 5.92 Å². The highest BCUT2D eigenvalue weighted by Gasteiger charge is 1.85. The van der Waals surface area contributed by atoms with Crippen LogP contribution in [0.15, 0.2) is 0 Å². The Kier molecular flexibility index (Phi) is 15.5. The average Bonchev–Trinajstić information content (AvgIpc) is 2.02. The molecular weight excluding hydrogens is 152 g/mol. The molecule has 0 aromatic carbocycles. The number of hydrogen-bond acceptors (Lipinski definition) is 3. The van der Waals surface area contributed by atoms with Crippen LogP contribution in [0.25, 0.3) is 0 Å². The van der Waals surface area contributed by atoms with Crippen LogP contribution >= 0.6 is 0 Å². The Labute approximate surface area is 75.7 Å². The fourth-order valence-electron chi connectivity index (χ4n) is 0.471. The van der Waals surface area contributed by atoms with E-state index >= 15 is 0 Å². The van der Waals surface area contributed by atoms with Crippen molar-refractivity contribution in [3.63, 3.8) is 0 Å². The van der Waals surface area contributed by atoms with E-state index in [1.54, 1.807) is 0 Å². The van der Waals surface area contributed by atoms with Gasteiger partial charge < -0.3 is 15.8 Å². The predicted molar refractivity (Wildman–Crippen MR) is 53.1 cm³/mol. The molecule has 0 unspecified atom stereocenters. The Morgan fingerprint density at radius 1 is 1.50 bits per heavy atom. The van der Waals surface area contributed by atoms with E-state index in [1.807, 2.05) is 20.9 Å². The van der Waals surface area contributed by atoms with Gasteiger partial charge in [0.25, 0.3) is 0 Å². The third kappa shape index (κ3) is 22.6. The van der Waals surface area contributed by atoms with Gasteiger partial charge in [0.1, 0.15) is 6.29 Å². The minimum absolute atomic E-state index is 0.530. The molecule has 0 aliphatic rings. The van der Waals surface area contributed by atoms with E-state index in [4.69, 9.17) is 5.73 Å². The quantitative estimate of drug-likeness (QED) is 0.478. The van der Waals surface area contributed by atoms with E-state index in [0.717, 1.165) is 25.8 Å². The Bertz CT molecular complexity index is 80.6. The van der Waals surface area contributed by atoms with Gasteiger partial charge in [-0.25, -0.2) is 0 Å². The van der Waals surface area contributed by atoms with Crippen molar-refractivity contribution in [3.05, 3.63) is 0 Å². The van der Waals surface area contributed by atoms with Gasteiger partial charge >= 0.3 is 0 Å². The van der Waals surface area contributed by atoms with E-state index in [9.17, 15) is 4.79 Å². The molecule has 0 amide bonds. The van der Waals surface area contributed by atoms with Crippen LogP contribution in [0.1, 0.15) is 26.7 Å². The highest BCUT2D eigenvalue weighted by atomic mass is 16.1. The second-order valence-electron chi connectivity index (χ2n) is 3.04. The molecule has 0 saturated carbocycles. The van der Waals surface area contributed by atoms with Crippen molar-refractivity contribution in [1.29, 1.82) is 0 Å². The Hall–Kier alpha value is -0.410. The second-order valence-corrected chi connectivity index (χ2v) is 3.04. The minimum Gasteiger partial charge on any atom is -0.330 e. The van der Waals surface area contributed by atoms with Gasteiger partial charge in [-0.05, 0) is 32.5 Å². The number of carbonyl (C=O) groups is 1. The van der Waals surface area contributed by atoms with Crippen LogP contribution in [0.4, 0.5) is 0 Å². The van der Waals surface area contributed by atoms with Crippen LogP contribution in [-0.4, -0.2) is 26.4 Å². The van der Waals surface area contributed by atoms with Crippen molar-refractivity contribution in [2.45, 2.75) is 26.7 Å². The van der Waals surface area contributed by atoms with Gasteiger partial charge in [-0.2, -0.15) is 0 Å². The SMILES string of the molecule is CC(C)CC=O.CNCCCN. The largest absolute Gasteiger partial charge is 0.330 e. The van der Waals surface area contributed by atoms with Crippen LogP contribution < -0.4 is 11.1 Å². The van der Waals surface area contributed by atoms with Crippen LogP contribution in [0.3, 0.4) is 0 Å². The first-order chi connectivity index (χ1) is 5.68. The lowest BCUT2D eigenvalue weighted by molar-refractivity contribution is -0.108. The van der Waals surface area contributed by atoms with Gasteiger partial charge in [0, 0.05) is 6.42 Å². The van der Waals surface area contributed by atoms with E-state index in [-0.39, 0.29) is 0 Å². The molecule has 0 aliphatic heterocycles.